The molecule has 1 aliphatic carbocycles. The monoisotopic (exact) mass is 458 g/mol. The molecular formula is C21H20F2N6O2S. The molecule has 8 nitrogen and oxygen atoms in total. The zero-order chi connectivity index (χ0) is 22.7. The minimum atomic E-state index is -1.11. The van der Waals surface area contributed by atoms with E-state index in [1.54, 1.807) is 13.0 Å². The number of halogens is 2. The van der Waals surface area contributed by atoms with Gasteiger partial charge in [-0.2, -0.15) is 0 Å². The number of hydrogen-bond acceptors (Lipinski definition) is 9. The van der Waals surface area contributed by atoms with E-state index < -0.39 is 21.9 Å². The maximum atomic E-state index is 15.0. The van der Waals surface area contributed by atoms with Crippen LogP contribution in [0, 0.1) is 17.6 Å². The Kier molecular flexibility index (Phi) is 4.71. The van der Waals surface area contributed by atoms with Gasteiger partial charge in [0.05, 0.1) is 35.7 Å². The summed E-state index contributed by atoms with van der Waals surface area (Å²) in [5.41, 5.74) is 6.21. The predicted octanol–water partition coefficient (Wildman–Crippen LogP) is 3.08. The molecule has 0 spiro atoms. The second-order valence-electron chi connectivity index (χ2n) is 8.06. The summed E-state index contributed by atoms with van der Waals surface area (Å²) in [5, 5.41) is 13.1. The number of thioether (sulfide) groups is 1. The predicted molar refractivity (Wildman–Crippen MR) is 118 cm³/mol. The second-order valence-corrected chi connectivity index (χ2v) is 9.50. The maximum absolute atomic E-state index is 15.0. The smallest absolute Gasteiger partial charge is 0.232 e. The van der Waals surface area contributed by atoms with E-state index in [9.17, 15) is 9.50 Å². The number of rotatable bonds is 5. The summed E-state index contributed by atoms with van der Waals surface area (Å²) in [6.45, 7) is 1.61. The van der Waals surface area contributed by atoms with Crippen molar-refractivity contribution < 1.29 is 18.6 Å². The Morgan fingerprint density at radius 2 is 2.16 bits per heavy atom. The van der Waals surface area contributed by atoms with Gasteiger partial charge >= 0.3 is 0 Å². The molecular weight excluding hydrogens is 438 g/mol. The lowest BCUT2D eigenvalue weighted by Gasteiger charge is -2.34. The highest BCUT2D eigenvalue weighted by Crippen LogP contribution is 2.65. The average molecular weight is 458 g/mol. The molecule has 3 aromatic rings. The van der Waals surface area contributed by atoms with Gasteiger partial charge < -0.3 is 20.9 Å². The molecule has 11 heteroatoms. The minimum Gasteiger partial charge on any atom is -0.480 e. The molecule has 0 amide bonds. The summed E-state index contributed by atoms with van der Waals surface area (Å²) in [6, 6.07) is 4.23. The number of benzene rings is 1. The van der Waals surface area contributed by atoms with Crippen LogP contribution < -0.4 is 15.8 Å². The summed E-state index contributed by atoms with van der Waals surface area (Å²) in [6.07, 6.45) is 3.59. The van der Waals surface area contributed by atoms with Crippen LogP contribution in [0.3, 0.4) is 0 Å². The van der Waals surface area contributed by atoms with Gasteiger partial charge in [0.25, 0.3) is 0 Å². The molecule has 2 aliphatic rings. The summed E-state index contributed by atoms with van der Waals surface area (Å²) >= 11 is 1.29. The number of methoxy groups -OCH3 is 1. The van der Waals surface area contributed by atoms with Gasteiger partial charge in [-0.15, -0.1) is 0 Å². The van der Waals surface area contributed by atoms with Gasteiger partial charge in [-0.25, -0.2) is 23.7 Å². The molecule has 1 saturated carbocycles. The van der Waals surface area contributed by atoms with Gasteiger partial charge in [0.2, 0.25) is 5.88 Å². The fourth-order valence-corrected chi connectivity index (χ4v) is 5.73. The largest absolute Gasteiger partial charge is 0.480 e. The van der Waals surface area contributed by atoms with Crippen LogP contribution in [0.15, 0.2) is 35.6 Å². The number of nitrogens with one attached hydrogen (secondary N) is 1. The van der Waals surface area contributed by atoms with Crippen LogP contribution in [0.1, 0.15) is 18.9 Å². The Hall–Kier alpha value is -3.05. The molecule has 0 radical (unpaired) electrons. The fourth-order valence-electron chi connectivity index (χ4n) is 4.39. The van der Waals surface area contributed by atoms with E-state index in [0.717, 1.165) is 6.07 Å². The van der Waals surface area contributed by atoms with Gasteiger partial charge in [0.1, 0.15) is 5.52 Å². The SMILES string of the molecule is COc1cnc2c(Nc3cc(F)c(F)c([C@@]4(C)N=C(N)S[C@@]5(CO)C[C@H]54)c3)nccc2n1. The molecule has 3 heterocycles. The summed E-state index contributed by atoms with van der Waals surface area (Å²) in [7, 11) is 1.49. The Labute approximate surface area is 186 Å². The van der Waals surface area contributed by atoms with Crippen molar-refractivity contribution in [3.8, 4) is 5.88 Å². The molecule has 166 valence electrons. The topological polar surface area (TPSA) is 119 Å². The lowest BCUT2D eigenvalue weighted by Crippen LogP contribution is -2.37. The summed E-state index contributed by atoms with van der Waals surface area (Å²) in [4.78, 5) is 17.4. The Bertz CT molecular complexity index is 1270. The third-order valence-corrected chi connectivity index (χ3v) is 7.39. The number of aromatic nitrogens is 3. The van der Waals surface area contributed by atoms with Crippen molar-refractivity contribution in [2.24, 2.45) is 16.6 Å². The number of aliphatic hydroxyl groups is 1. The molecule has 2 aromatic heterocycles. The highest BCUT2D eigenvalue weighted by Gasteiger charge is 2.66. The van der Waals surface area contributed by atoms with Crippen LogP contribution in [0.25, 0.3) is 11.0 Å². The quantitative estimate of drug-likeness (QED) is 0.534. The number of nitrogens with zero attached hydrogens (tertiary/aromatic N) is 4. The number of amidine groups is 1. The summed E-state index contributed by atoms with van der Waals surface area (Å²) < 4.78 is 34.3. The van der Waals surface area contributed by atoms with Crippen molar-refractivity contribution >= 4 is 39.5 Å². The molecule has 1 fully saturated rings. The average Bonchev–Trinajstić information content (AvgIpc) is 3.51. The molecule has 1 aromatic carbocycles. The Morgan fingerprint density at radius 3 is 2.91 bits per heavy atom. The van der Waals surface area contributed by atoms with E-state index in [1.165, 1.54) is 37.3 Å². The molecule has 4 N–H and O–H groups in total. The van der Waals surface area contributed by atoms with Crippen molar-refractivity contribution in [3.05, 3.63) is 47.8 Å². The van der Waals surface area contributed by atoms with E-state index in [1.807, 2.05) is 0 Å². The lowest BCUT2D eigenvalue weighted by molar-refractivity contribution is 0.264. The molecule has 1 aliphatic heterocycles. The van der Waals surface area contributed by atoms with Crippen molar-refractivity contribution in [2.45, 2.75) is 23.6 Å². The number of pyridine rings is 1. The molecule has 0 saturated heterocycles. The molecule has 0 unspecified atom stereocenters. The fraction of sp³-hybridized carbons (Fsp3) is 0.333. The third-order valence-electron chi connectivity index (χ3n) is 6.10. The van der Waals surface area contributed by atoms with Gasteiger partial charge in [-0.05, 0) is 25.5 Å². The Morgan fingerprint density at radius 1 is 1.34 bits per heavy atom. The van der Waals surface area contributed by atoms with Gasteiger partial charge in [0, 0.05) is 29.4 Å². The van der Waals surface area contributed by atoms with Crippen LogP contribution in [-0.2, 0) is 5.54 Å². The van der Waals surface area contributed by atoms with Crippen molar-refractivity contribution in [1.82, 2.24) is 15.0 Å². The number of anilines is 2. The maximum Gasteiger partial charge on any atom is 0.232 e. The number of aliphatic hydroxyl groups excluding tert-OH is 1. The zero-order valence-electron chi connectivity index (χ0n) is 17.3. The van der Waals surface area contributed by atoms with Crippen LogP contribution in [0.4, 0.5) is 20.3 Å². The molecule has 0 bridgehead atoms. The van der Waals surface area contributed by atoms with Crippen LogP contribution in [-0.4, -0.2) is 43.7 Å². The highest BCUT2D eigenvalue weighted by molar-refractivity contribution is 8.15. The normalized spacial score (nSPS) is 26.4. The Balaban J connectivity index is 1.57. The number of nitrogens with two attached hydrogens (primary N) is 1. The molecule has 5 rings (SSSR count). The van der Waals surface area contributed by atoms with E-state index in [0.29, 0.717) is 29.2 Å². The minimum absolute atomic E-state index is 0.0663. The molecule has 32 heavy (non-hydrogen) atoms. The number of aliphatic imine (C=N–C) groups is 1. The lowest BCUT2D eigenvalue weighted by atomic mass is 9.85. The van der Waals surface area contributed by atoms with Gasteiger partial charge in [-0.1, -0.05) is 11.8 Å². The zero-order valence-corrected chi connectivity index (χ0v) is 18.1. The van der Waals surface area contributed by atoms with Crippen LogP contribution in [0.2, 0.25) is 0 Å². The van der Waals surface area contributed by atoms with E-state index in [-0.39, 0.29) is 28.9 Å². The van der Waals surface area contributed by atoms with Crippen LogP contribution >= 0.6 is 11.8 Å². The second kappa shape index (κ2) is 7.24. The third kappa shape index (κ3) is 3.15. The first-order valence-electron chi connectivity index (χ1n) is 9.87. The highest BCUT2D eigenvalue weighted by atomic mass is 32.2. The number of ether oxygens (including phenoxy) is 1. The number of hydrogen-bond donors (Lipinski definition) is 3. The van der Waals surface area contributed by atoms with Gasteiger partial charge in [-0.3, -0.25) is 4.99 Å². The van der Waals surface area contributed by atoms with E-state index in [2.05, 4.69) is 25.3 Å². The van der Waals surface area contributed by atoms with E-state index >= 15 is 4.39 Å². The molecule has 3 atom stereocenters. The first-order valence-corrected chi connectivity index (χ1v) is 10.7. The first-order chi connectivity index (χ1) is 15.3. The summed E-state index contributed by atoms with van der Waals surface area (Å²) in [5.74, 6) is -1.51. The van der Waals surface area contributed by atoms with Crippen LogP contribution in [0.5, 0.6) is 5.88 Å². The number of fused-ring (bicyclic) bond motifs is 2. The first kappa shape index (κ1) is 20.8. The van der Waals surface area contributed by atoms with Crippen molar-refractivity contribution in [1.29, 1.82) is 0 Å². The van der Waals surface area contributed by atoms with E-state index in [4.69, 9.17) is 10.5 Å². The van der Waals surface area contributed by atoms with Crippen molar-refractivity contribution in [3.63, 3.8) is 0 Å². The standard InChI is InChI=1S/C21H20F2N6O2S/c1-20(14-7-21(14,9-30)32-19(24)29-20)11-5-10(6-12(22)16(11)23)27-18-17-13(3-4-25-18)28-15(31-2)8-26-17/h3-6,8,14,30H,7,9H2,1-2H3,(H2,24,29)(H,25,27)/t14-,20+,21+/m0/s1. The van der Waals surface area contributed by atoms with Gasteiger partial charge in [0.15, 0.2) is 22.6 Å². The van der Waals surface area contributed by atoms with Crippen molar-refractivity contribution in [2.75, 3.05) is 19.0 Å².